The number of Topliss-reactive ketones (excluding diaryl/α,β-unsaturated/α-hetero) is 1. The van der Waals surface area contributed by atoms with Gasteiger partial charge in [0.2, 0.25) is 5.78 Å². The standard InChI is InChI=1S/C21H22N2O4S/c1-25-17-9-14(10-18(26-2)20(17)27-3)19(24)16-11-28-21(23-16)13-4-5-15-12(8-13)6-7-22-15/h4-9,11,17-18,20,22H,10H2,1-3H3. The number of thiazole rings is 1. The Morgan fingerprint density at radius 1 is 1.18 bits per heavy atom. The van der Waals surface area contributed by atoms with E-state index in [1.165, 1.54) is 11.3 Å². The Hall–Kier alpha value is -2.32. The molecule has 1 aliphatic rings. The van der Waals surface area contributed by atoms with Crippen LogP contribution in [0.1, 0.15) is 16.9 Å². The van der Waals surface area contributed by atoms with E-state index in [0.717, 1.165) is 21.5 Å². The molecular weight excluding hydrogens is 376 g/mol. The van der Waals surface area contributed by atoms with Crippen LogP contribution in [0, 0.1) is 0 Å². The average molecular weight is 398 g/mol. The van der Waals surface area contributed by atoms with Crippen LogP contribution in [0.3, 0.4) is 0 Å². The summed E-state index contributed by atoms with van der Waals surface area (Å²) in [5, 5.41) is 3.75. The maximum atomic E-state index is 13.1. The molecule has 28 heavy (non-hydrogen) atoms. The van der Waals surface area contributed by atoms with Gasteiger partial charge in [-0.3, -0.25) is 4.79 Å². The molecule has 3 unspecified atom stereocenters. The molecule has 0 saturated heterocycles. The molecule has 0 spiro atoms. The zero-order chi connectivity index (χ0) is 19.7. The van der Waals surface area contributed by atoms with Crippen LogP contribution < -0.4 is 0 Å². The summed E-state index contributed by atoms with van der Waals surface area (Å²) in [6.45, 7) is 0. The fourth-order valence-electron chi connectivity index (χ4n) is 3.64. The third-order valence-corrected chi connectivity index (χ3v) is 6.04. The van der Waals surface area contributed by atoms with Crippen molar-refractivity contribution in [1.82, 2.24) is 9.97 Å². The number of ketones is 1. The Kier molecular flexibility index (Phi) is 5.41. The van der Waals surface area contributed by atoms with Gasteiger partial charge in [0.15, 0.2) is 0 Å². The third kappa shape index (κ3) is 3.42. The molecule has 3 atom stereocenters. The summed E-state index contributed by atoms with van der Waals surface area (Å²) in [6, 6.07) is 8.13. The molecule has 0 aliphatic heterocycles. The first-order valence-electron chi connectivity index (χ1n) is 9.01. The van der Waals surface area contributed by atoms with Gasteiger partial charge in [0.05, 0.1) is 6.10 Å². The monoisotopic (exact) mass is 398 g/mol. The van der Waals surface area contributed by atoms with Gasteiger partial charge in [-0.25, -0.2) is 4.98 Å². The van der Waals surface area contributed by atoms with Gasteiger partial charge in [0.25, 0.3) is 0 Å². The van der Waals surface area contributed by atoms with Gasteiger partial charge in [-0.2, -0.15) is 0 Å². The SMILES string of the molecule is COC1C=C(C(=O)c2csc(-c3ccc4[nH]ccc4c3)n2)CC(OC)C1OC. The van der Waals surface area contributed by atoms with Crippen molar-refractivity contribution >= 4 is 28.0 Å². The Morgan fingerprint density at radius 2 is 2.04 bits per heavy atom. The van der Waals surface area contributed by atoms with Crippen LogP contribution in [0.15, 0.2) is 47.5 Å². The molecule has 2 heterocycles. The van der Waals surface area contributed by atoms with E-state index in [2.05, 4.69) is 16.0 Å². The lowest BCUT2D eigenvalue weighted by molar-refractivity contribution is -0.0964. The topological polar surface area (TPSA) is 73.4 Å². The van der Waals surface area contributed by atoms with Crippen molar-refractivity contribution < 1.29 is 19.0 Å². The predicted molar refractivity (Wildman–Crippen MR) is 109 cm³/mol. The van der Waals surface area contributed by atoms with Gasteiger partial charge in [0, 0.05) is 61.4 Å². The molecule has 0 saturated carbocycles. The first-order valence-corrected chi connectivity index (χ1v) is 9.89. The highest BCUT2D eigenvalue weighted by molar-refractivity contribution is 7.13. The van der Waals surface area contributed by atoms with Gasteiger partial charge >= 0.3 is 0 Å². The summed E-state index contributed by atoms with van der Waals surface area (Å²) in [6.07, 6.45) is 3.38. The Labute approximate surface area is 167 Å². The van der Waals surface area contributed by atoms with Crippen molar-refractivity contribution in [3.8, 4) is 10.6 Å². The molecule has 0 bridgehead atoms. The summed E-state index contributed by atoms with van der Waals surface area (Å²) >= 11 is 1.47. The number of hydrogen-bond acceptors (Lipinski definition) is 6. The summed E-state index contributed by atoms with van der Waals surface area (Å²) in [5.41, 5.74) is 3.16. The van der Waals surface area contributed by atoms with Crippen LogP contribution in [0.5, 0.6) is 0 Å². The normalized spacial score (nSPS) is 22.4. The summed E-state index contributed by atoms with van der Waals surface area (Å²) in [4.78, 5) is 20.8. The number of nitrogens with zero attached hydrogens (tertiary/aromatic N) is 1. The zero-order valence-corrected chi connectivity index (χ0v) is 16.8. The summed E-state index contributed by atoms with van der Waals surface area (Å²) in [7, 11) is 4.84. The second-order valence-electron chi connectivity index (χ2n) is 6.72. The number of aromatic amines is 1. The third-order valence-electron chi connectivity index (χ3n) is 5.15. The minimum Gasteiger partial charge on any atom is -0.378 e. The van der Waals surface area contributed by atoms with Gasteiger partial charge in [-0.05, 0) is 30.3 Å². The van der Waals surface area contributed by atoms with Crippen molar-refractivity contribution in [2.24, 2.45) is 0 Å². The number of hydrogen-bond donors (Lipinski definition) is 1. The Morgan fingerprint density at radius 3 is 2.79 bits per heavy atom. The van der Waals surface area contributed by atoms with Crippen molar-refractivity contribution in [3.63, 3.8) is 0 Å². The molecule has 7 heteroatoms. The number of ether oxygens (including phenoxy) is 3. The molecule has 0 amide bonds. The van der Waals surface area contributed by atoms with E-state index in [4.69, 9.17) is 14.2 Å². The Bertz CT molecular complexity index is 1020. The second-order valence-corrected chi connectivity index (χ2v) is 7.58. The van der Waals surface area contributed by atoms with Gasteiger partial charge in [-0.15, -0.1) is 11.3 Å². The van der Waals surface area contributed by atoms with E-state index < -0.39 is 0 Å². The minimum absolute atomic E-state index is 0.0936. The van der Waals surface area contributed by atoms with E-state index in [1.54, 1.807) is 21.3 Å². The van der Waals surface area contributed by atoms with E-state index in [1.807, 2.05) is 35.9 Å². The van der Waals surface area contributed by atoms with Crippen LogP contribution in [0.25, 0.3) is 21.5 Å². The second kappa shape index (κ2) is 7.97. The average Bonchev–Trinajstić information content (AvgIpc) is 3.40. The number of H-pyrrole nitrogens is 1. The van der Waals surface area contributed by atoms with Gasteiger partial charge in [0.1, 0.15) is 22.9 Å². The predicted octanol–water partition coefficient (Wildman–Crippen LogP) is 3.85. The number of nitrogens with one attached hydrogen (secondary N) is 1. The lowest BCUT2D eigenvalue weighted by Gasteiger charge is -2.34. The largest absolute Gasteiger partial charge is 0.378 e. The van der Waals surface area contributed by atoms with E-state index in [-0.39, 0.29) is 24.1 Å². The zero-order valence-electron chi connectivity index (χ0n) is 16.0. The molecule has 3 aromatic rings. The summed E-state index contributed by atoms with van der Waals surface area (Å²) in [5.74, 6) is -0.0936. The molecular formula is C21H22N2O4S. The molecule has 146 valence electrons. The van der Waals surface area contributed by atoms with Crippen LogP contribution in [0.2, 0.25) is 0 Å². The van der Waals surface area contributed by atoms with E-state index in [0.29, 0.717) is 17.7 Å². The fourth-order valence-corrected chi connectivity index (χ4v) is 4.44. The molecule has 1 aromatic carbocycles. The highest BCUT2D eigenvalue weighted by atomic mass is 32.1. The number of benzene rings is 1. The molecule has 4 rings (SSSR count). The van der Waals surface area contributed by atoms with Crippen molar-refractivity contribution in [2.75, 3.05) is 21.3 Å². The Balaban J connectivity index is 1.61. The van der Waals surface area contributed by atoms with Crippen molar-refractivity contribution in [2.45, 2.75) is 24.7 Å². The van der Waals surface area contributed by atoms with E-state index in [9.17, 15) is 4.79 Å². The highest BCUT2D eigenvalue weighted by Gasteiger charge is 2.36. The molecule has 6 nitrogen and oxygen atoms in total. The molecule has 1 aliphatic carbocycles. The number of rotatable bonds is 6. The number of fused-ring (bicyclic) bond motifs is 1. The smallest absolute Gasteiger partial charge is 0.208 e. The van der Waals surface area contributed by atoms with Crippen LogP contribution in [0.4, 0.5) is 0 Å². The van der Waals surface area contributed by atoms with Crippen LogP contribution in [-0.2, 0) is 14.2 Å². The van der Waals surface area contributed by atoms with Crippen LogP contribution in [-0.4, -0.2) is 55.4 Å². The van der Waals surface area contributed by atoms with Gasteiger partial charge in [-0.1, -0.05) is 0 Å². The number of aromatic nitrogens is 2. The molecule has 1 N–H and O–H groups in total. The highest BCUT2D eigenvalue weighted by Crippen LogP contribution is 2.31. The summed E-state index contributed by atoms with van der Waals surface area (Å²) < 4.78 is 16.5. The number of methoxy groups -OCH3 is 3. The van der Waals surface area contributed by atoms with Gasteiger partial charge < -0.3 is 19.2 Å². The molecule has 2 aromatic heterocycles. The molecule has 0 fully saturated rings. The first-order chi connectivity index (χ1) is 13.6. The quantitative estimate of drug-likeness (QED) is 0.639. The lowest BCUT2D eigenvalue weighted by atomic mass is 9.89. The minimum atomic E-state index is -0.336. The van der Waals surface area contributed by atoms with Crippen LogP contribution >= 0.6 is 11.3 Å². The first kappa shape index (κ1) is 19.0. The number of carbonyl (C=O) groups excluding carboxylic acids is 1. The maximum Gasteiger partial charge on any atom is 0.208 e. The van der Waals surface area contributed by atoms with E-state index >= 15 is 0 Å². The number of carbonyl (C=O) groups is 1. The lowest BCUT2D eigenvalue weighted by Crippen LogP contribution is -2.44. The van der Waals surface area contributed by atoms with Crippen molar-refractivity contribution in [1.29, 1.82) is 0 Å². The fraction of sp³-hybridized carbons (Fsp3) is 0.333. The van der Waals surface area contributed by atoms with Crippen molar-refractivity contribution in [3.05, 3.63) is 53.2 Å². The molecule has 0 radical (unpaired) electrons. The maximum absolute atomic E-state index is 13.1.